The molecule has 1 fully saturated rings. The fourth-order valence-electron chi connectivity index (χ4n) is 1.52. The van der Waals surface area contributed by atoms with Crippen molar-refractivity contribution in [3.05, 3.63) is 10.8 Å². The van der Waals surface area contributed by atoms with Gasteiger partial charge in [-0.3, -0.25) is 0 Å². The lowest BCUT2D eigenvalue weighted by Gasteiger charge is -2.24. The summed E-state index contributed by atoms with van der Waals surface area (Å²) in [5.41, 5.74) is 5.60. The van der Waals surface area contributed by atoms with Gasteiger partial charge in [0, 0.05) is 6.61 Å². The zero-order valence-corrected chi connectivity index (χ0v) is 10.0. The molecule has 15 heavy (non-hydrogen) atoms. The van der Waals surface area contributed by atoms with E-state index >= 15 is 0 Å². The number of hydrogen-bond donors (Lipinski definition) is 2. The van der Waals surface area contributed by atoms with Crippen LogP contribution >= 0.6 is 15.9 Å². The Hall–Kier alpha value is -0.880. The average Bonchev–Trinajstić information content (AvgIpc) is 2.60. The van der Waals surface area contributed by atoms with Crippen molar-refractivity contribution in [1.29, 1.82) is 0 Å². The third-order valence-electron chi connectivity index (χ3n) is 2.46. The molecule has 1 aromatic heterocycles. The van der Waals surface area contributed by atoms with Crippen molar-refractivity contribution in [2.45, 2.75) is 18.9 Å². The third-order valence-corrected chi connectivity index (χ3v) is 3.24. The first-order valence-electron chi connectivity index (χ1n) is 4.73. The molecule has 0 aliphatic carbocycles. The number of nitrogen functional groups attached to an aromatic ring is 1. The highest BCUT2D eigenvalue weighted by atomic mass is 79.9. The molecular formula is C9H13BrN4O. The maximum Gasteiger partial charge on any atom is 0.146 e. The highest BCUT2D eigenvalue weighted by Crippen LogP contribution is 2.29. The standard InChI is InChI=1S/C9H13BrN4O/c1-9(2-3-15-4-9)14-8-6(10)7(11)12-5-13-8/h5H,2-4H2,1H3,(H3,11,12,13,14). The number of rotatable bonds is 2. The first kappa shape index (κ1) is 10.6. The summed E-state index contributed by atoms with van der Waals surface area (Å²) in [5.74, 6) is 1.16. The summed E-state index contributed by atoms with van der Waals surface area (Å²) in [6.45, 7) is 3.57. The van der Waals surface area contributed by atoms with Crippen molar-refractivity contribution in [2.24, 2.45) is 0 Å². The Labute approximate surface area is 96.6 Å². The molecule has 1 saturated heterocycles. The number of nitrogens with two attached hydrogens (primary N) is 1. The summed E-state index contributed by atoms with van der Waals surface area (Å²) < 4.78 is 6.06. The van der Waals surface area contributed by atoms with Crippen LogP contribution in [0.1, 0.15) is 13.3 Å². The Balaban J connectivity index is 2.20. The van der Waals surface area contributed by atoms with E-state index in [1.165, 1.54) is 6.33 Å². The normalized spacial score (nSPS) is 25.5. The van der Waals surface area contributed by atoms with Gasteiger partial charge in [-0.2, -0.15) is 0 Å². The van der Waals surface area contributed by atoms with E-state index in [1.54, 1.807) is 0 Å². The minimum Gasteiger partial charge on any atom is -0.383 e. The van der Waals surface area contributed by atoms with E-state index in [9.17, 15) is 0 Å². The number of nitrogens with zero attached hydrogens (tertiary/aromatic N) is 2. The Morgan fingerprint density at radius 2 is 2.40 bits per heavy atom. The lowest BCUT2D eigenvalue weighted by atomic mass is 10.0. The second-order valence-electron chi connectivity index (χ2n) is 3.91. The predicted octanol–water partition coefficient (Wildman–Crippen LogP) is 1.41. The molecular weight excluding hydrogens is 260 g/mol. The molecule has 1 unspecified atom stereocenters. The summed E-state index contributed by atoms with van der Waals surface area (Å²) in [5, 5.41) is 3.32. The van der Waals surface area contributed by atoms with Crippen molar-refractivity contribution >= 4 is 27.6 Å². The monoisotopic (exact) mass is 272 g/mol. The molecule has 3 N–H and O–H groups in total. The van der Waals surface area contributed by atoms with E-state index in [4.69, 9.17) is 10.5 Å². The summed E-state index contributed by atoms with van der Waals surface area (Å²) in [6.07, 6.45) is 2.41. The molecule has 0 saturated carbocycles. The van der Waals surface area contributed by atoms with Gasteiger partial charge in [0.2, 0.25) is 0 Å². The number of halogens is 1. The van der Waals surface area contributed by atoms with Gasteiger partial charge in [-0.25, -0.2) is 9.97 Å². The van der Waals surface area contributed by atoms with Gasteiger partial charge in [0.05, 0.1) is 12.1 Å². The molecule has 0 aromatic carbocycles. The van der Waals surface area contributed by atoms with Gasteiger partial charge in [-0.05, 0) is 29.3 Å². The minimum absolute atomic E-state index is 0.0662. The van der Waals surface area contributed by atoms with Crippen molar-refractivity contribution in [2.75, 3.05) is 24.3 Å². The van der Waals surface area contributed by atoms with Gasteiger partial charge in [0.15, 0.2) is 0 Å². The molecule has 82 valence electrons. The van der Waals surface area contributed by atoms with Crippen LogP contribution in [0.5, 0.6) is 0 Å². The van der Waals surface area contributed by atoms with E-state index < -0.39 is 0 Å². The highest BCUT2D eigenvalue weighted by molar-refractivity contribution is 9.10. The van der Waals surface area contributed by atoms with Gasteiger partial charge in [-0.15, -0.1) is 0 Å². The average molecular weight is 273 g/mol. The first-order chi connectivity index (χ1) is 7.11. The quantitative estimate of drug-likeness (QED) is 0.852. The zero-order chi connectivity index (χ0) is 10.9. The fourth-order valence-corrected chi connectivity index (χ4v) is 1.83. The van der Waals surface area contributed by atoms with Crippen molar-refractivity contribution in [3.8, 4) is 0 Å². The van der Waals surface area contributed by atoms with E-state index in [1.807, 2.05) is 0 Å². The Kier molecular flexibility index (Phi) is 2.79. The molecule has 6 heteroatoms. The smallest absolute Gasteiger partial charge is 0.146 e. The topological polar surface area (TPSA) is 73.1 Å². The van der Waals surface area contributed by atoms with Crippen LogP contribution in [0.3, 0.4) is 0 Å². The molecule has 2 heterocycles. The van der Waals surface area contributed by atoms with E-state index in [0.29, 0.717) is 16.9 Å². The maximum absolute atomic E-state index is 5.67. The van der Waals surface area contributed by atoms with Gasteiger partial charge in [0.1, 0.15) is 22.4 Å². The molecule has 0 spiro atoms. The number of nitrogens with one attached hydrogen (secondary N) is 1. The van der Waals surface area contributed by atoms with Crippen LogP contribution in [0.4, 0.5) is 11.6 Å². The van der Waals surface area contributed by atoms with Crippen LogP contribution < -0.4 is 11.1 Å². The molecule has 1 aromatic rings. The lowest BCUT2D eigenvalue weighted by Crippen LogP contribution is -2.35. The highest BCUT2D eigenvalue weighted by Gasteiger charge is 2.30. The summed E-state index contributed by atoms with van der Waals surface area (Å²) in [6, 6.07) is 0. The molecule has 1 aliphatic rings. The second kappa shape index (κ2) is 3.94. The lowest BCUT2D eigenvalue weighted by molar-refractivity contribution is 0.185. The van der Waals surface area contributed by atoms with Crippen LogP contribution in [0.15, 0.2) is 10.8 Å². The van der Waals surface area contributed by atoms with Crippen LogP contribution in [0, 0.1) is 0 Å². The van der Waals surface area contributed by atoms with Gasteiger partial charge < -0.3 is 15.8 Å². The Bertz CT molecular complexity index is 365. The minimum atomic E-state index is -0.0662. The largest absolute Gasteiger partial charge is 0.383 e. The van der Waals surface area contributed by atoms with Crippen LogP contribution in [-0.4, -0.2) is 28.7 Å². The molecule has 1 aliphatic heterocycles. The Morgan fingerprint density at radius 1 is 1.60 bits per heavy atom. The fraction of sp³-hybridized carbons (Fsp3) is 0.556. The number of hydrogen-bond acceptors (Lipinski definition) is 5. The van der Waals surface area contributed by atoms with Crippen molar-refractivity contribution < 1.29 is 4.74 Å². The maximum atomic E-state index is 5.67. The van der Waals surface area contributed by atoms with Crippen LogP contribution in [-0.2, 0) is 4.74 Å². The second-order valence-corrected chi connectivity index (χ2v) is 4.70. The molecule has 0 amide bonds. The molecule has 1 atom stereocenters. The van der Waals surface area contributed by atoms with Crippen LogP contribution in [0.25, 0.3) is 0 Å². The summed E-state index contributed by atoms with van der Waals surface area (Å²) in [7, 11) is 0. The molecule has 0 bridgehead atoms. The van der Waals surface area contributed by atoms with Crippen molar-refractivity contribution in [1.82, 2.24) is 9.97 Å². The molecule has 5 nitrogen and oxygen atoms in total. The van der Waals surface area contributed by atoms with Gasteiger partial charge >= 0.3 is 0 Å². The summed E-state index contributed by atoms with van der Waals surface area (Å²) in [4.78, 5) is 8.03. The molecule has 0 radical (unpaired) electrons. The first-order valence-corrected chi connectivity index (χ1v) is 5.52. The van der Waals surface area contributed by atoms with E-state index in [0.717, 1.165) is 18.8 Å². The van der Waals surface area contributed by atoms with E-state index in [2.05, 4.69) is 38.1 Å². The van der Waals surface area contributed by atoms with Crippen LogP contribution in [0.2, 0.25) is 0 Å². The number of ether oxygens (including phenoxy) is 1. The SMILES string of the molecule is CC1(Nc2ncnc(N)c2Br)CCOC1. The predicted molar refractivity (Wildman–Crippen MR) is 61.6 cm³/mol. The number of aromatic nitrogens is 2. The van der Waals surface area contributed by atoms with Gasteiger partial charge in [-0.1, -0.05) is 0 Å². The summed E-state index contributed by atoms with van der Waals surface area (Å²) >= 11 is 3.36. The Morgan fingerprint density at radius 3 is 3.07 bits per heavy atom. The zero-order valence-electron chi connectivity index (χ0n) is 8.46. The van der Waals surface area contributed by atoms with E-state index in [-0.39, 0.29) is 5.54 Å². The number of anilines is 2. The molecule has 2 rings (SSSR count). The van der Waals surface area contributed by atoms with Gasteiger partial charge in [0.25, 0.3) is 0 Å². The van der Waals surface area contributed by atoms with Crippen molar-refractivity contribution in [3.63, 3.8) is 0 Å². The third kappa shape index (κ3) is 2.21.